The topological polar surface area (TPSA) is 53.5 Å². The minimum Gasteiger partial charge on any atom is -0.361 e. The van der Waals surface area contributed by atoms with Gasteiger partial charge in [0.2, 0.25) is 0 Å². The summed E-state index contributed by atoms with van der Waals surface area (Å²) in [5, 5.41) is 1.81. The molecule has 0 unspecified atom stereocenters. The van der Waals surface area contributed by atoms with Gasteiger partial charge in [0.15, 0.2) is 0 Å². The predicted octanol–water partition coefficient (Wildman–Crippen LogP) is 2.88. The molecule has 2 aromatic rings. The van der Waals surface area contributed by atoms with Gasteiger partial charge >= 0.3 is 5.71 Å². The minimum absolute atomic E-state index is 0.0543. The molecule has 0 aliphatic carbocycles. The van der Waals surface area contributed by atoms with E-state index < -0.39 is 0 Å². The van der Waals surface area contributed by atoms with Gasteiger partial charge in [-0.15, -0.1) is 0 Å². The number of carbonyl (C=O) groups excluding carboxylic acids is 1. The molecule has 82 valence electrons. The van der Waals surface area contributed by atoms with Crippen molar-refractivity contribution in [2.45, 2.75) is 0 Å². The molecule has 0 spiro atoms. The summed E-state index contributed by atoms with van der Waals surface area (Å²) in [6.07, 6.45) is 1.24. The van der Waals surface area contributed by atoms with Crippen LogP contribution < -0.4 is 0 Å². The molecule has 0 fully saturated rings. The van der Waals surface area contributed by atoms with Crippen molar-refractivity contribution in [3.63, 3.8) is 0 Å². The summed E-state index contributed by atoms with van der Waals surface area (Å²) in [6, 6.07) is 13.0. The summed E-state index contributed by atoms with van der Waals surface area (Å²) in [7, 11) is 0. The van der Waals surface area contributed by atoms with Gasteiger partial charge in [-0.25, -0.2) is 0 Å². The van der Waals surface area contributed by atoms with E-state index in [2.05, 4.69) is 11.4 Å². The van der Waals surface area contributed by atoms with E-state index in [0.29, 0.717) is 5.56 Å². The zero-order valence-corrected chi connectivity index (χ0v) is 9.13. The summed E-state index contributed by atoms with van der Waals surface area (Å²) < 4.78 is 0. The highest BCUT2D eigenvalue weighted by Crippen LogP contribution is 2.19. The molecule has 0 N–H and O–H groups in total. The molecule has 0 aromatic heterocycles. The third-order valence-corrected chi connectivity index (χ3v) is 2.57. The Morgan fingerprint density at radius 3 is 2.59 bits per heavy atom. The van der Waals surface area contributed by atoms with Crippen molar-refractivity contribution in [1.29, 1.82) is 0 Å². The van der Waals surface area contributed by atoms with E-state index in [9.17, 15) is 4.79 Å². The zero-order valence-electron chi connectivity index (χ0n) is 9.13. The number of Topliss-reactive ketones (excluding diaryl/α,β-unsaturated/α-hetero) is 1. The Hall–Kier alpha value is -2.51. The molecule has 0 bridgehead atoms. The van der Waals surface area contributed by atoms with Crippen molar-refractivity contribution in [3.05, 3.63) is 66.2 Å². The molecule has 0 heterocycles. The minimum atomic E-state index is -0.334. The highest BCUT2D eigenvalue weighted by Gasteiger charge is 2.20. The average Bonchev–Trinajstić information content (AvgIpc) is 2.39. The van der Waals surface area contributed by atoms with Gasteiger partial charge in [-0.3, -0.25) is 4.79 Å². The molecule has 3 heteroatoms. The number of carbonyl (C=O) groups is 1. The van der Waals surface area contributed by atoms with Crippen LogP contribution in [0.1, 0.15) is 10.4 Å². The molecule has 0 aliphatic rings. The highest BCUT2D eigenvalue weighted by molar-refractivity contribution is 6.49. The Kier molecular flexibility index (Phi) is 2.95. The van der Waals surface area contributed by atoms with Crippen molar-refractivity contribution in [2.75, 3.05) is 0 Å². The van der Waals surface area contributed by atoms with Gasteiger partial charge < -0.3 is 5.53 Å². The standard InChI is InChI=1S/C14H10N2O/c1-2-13(16-15)14(17)12-9-5-7-10-6-3-4-8-11(10)12/h2-9H,1H2. The maximum Gasteiger partial charge on any atom is 0.362 e. The summed E-state index contributed by atoms with van der Waals surface area (Å²) >= 11 is 0. The lowest BCUT2D eigenvalue weighted by molar-refractivity contribution is -0.00428. The van der Waals surface area contributed by atoms with Crippen LogP contribution in [0, 0.1) is 0 Å². The third kappa shape index (κ3) is 1.92. The zero-order chi connectivity index (χ0) is 12.3. The first kappa shape index (κ1) is 11.0. The maximum atomic E-state index is 12.1. The van der Waals surface area contributed by atoms with Crippen LogP contribution in [-0.4, -0.2) is 16.3 Å². The number of hydrogen-bond donors (Lipinski definition) is 0. The first-order valence-electron chi connectivity index (χ1n) is 5.15. The summed E-state index contributed by atoms with van der Waals surface area (Å²) in [5.41, 5.74) is 9.18. The van der Waals surface area contributed by atoms with E-state index in [4.69, 9.17) is 5.53 Å². The first-order valence-corrected chi connectivity index (χ1v) is 5.15. The Balaban J connectivity index is 2.68. The van der Waals surface area contributed by atoms with Crippen LogP contribution in [0.5, 0.6) is 0 Å². The van der Waals surface area contributed by atoms with E-state index in [1.807, 2.05) is 30.3 Å². The van der Waals surface area contributed by atoms with Crippen molar-refractivity contribution >= 4 is 22.3 Å². The third-order valence-electron chi connectivity index (χ3n) is 2.57. The van der Waals surface area contributed by atoms with Gasteiger partial charge in [-0.2, -0.15) is 4.79 Å². The number of hydrogen-bond acceptors (Lipinski definition) is 1. The van der Waals surface area contributed by atoms with Gasteiger partial charge in [0.25, 0.3) is 5.78 Å². The molecular weight excluding hydrogens is 212 g/mol. The number of rotatable bonds is 3. The normalized spacial score (nSPS) is 9.65. The molecule has 0 saturated heterocycles. The lowest BCUT2D eigenvalue weighted by atomic mass is 9.99. The Morgan fingerprint density at radius 2 is 1.88 bits per heavy atom. The van der Waals surface area contributed by atoms with Crippen molar-refractivity contribution < 1.29 is 9.58 Å². The number of nitrogens with zero attached hydrogens (tertiary/aromatic N) is 2. The lowest BCUT2D eigenvalue weighted by Crippen LogP contribution is -2.12. The van der Waals surface area contributed by atoms with Gasteiger partial charge in [-0.1, -0.05) is 49.0 Å². The second-order valence-electron chi connectivity index (χ2n) is 3.55. The van der Waals surface area contributed by atoms with E-state index in [0.717, 1.165) is 10.8 Å². The van der Waals surface area contributed by atoms with Crippen LogP contribution in [0.2, 0.25) is 0 Å². The van der Waals surface area contributed by atoms with Crippen LogP contribution in [0.25, 0.3) is 16.3 Å². The molecule has 0 saturated carbocycles. The van der Waals surface area contributed by atoms with E-state index >= 15 is 0 Å². The van der Waals surface area contributed by atoms with Gasteiger partial charge in [0.1, 0.15) is 0 Å². The fraction of sp³-hybridized carbons (Fsp3) is 0. The van der Waals surface area contributed by atoms with Gasteiger partial charge in [0.05, 0.1) is 0 Å². The summed E-state index contributed by atoms with van der Waals surface area (Å²) in [5.74, 6) is -0.334. The van der Waals surface area contributed by atoms with E-state index in [1.54, 1.807) is 12.1 Å². The van der Waals surface area contributed by atoms with Crippen LogP contribution in [0.3, 0.4) is 0 Å². The Bertz CT molecular complexity index is 647. The molecule has 0 amide bonds. The van der Waals surface area contributed by atoms with Crippen LogP contribution in [0.4, 0.5) is 0 Å². The molecule has 2 rings (SSSR count). The van der Waals surface area contributed by atoms with Crippen molar-refractivity contribution in [2.24, 2.45) is 0 Å². The largest absolute Gasteiger partial charge is 0.362 e. The van der Waals surface area contributed by atoms with Gasteiger partial charge in [-0.05, 0) is 10.8 Å². The van der Waals surface area contributed by atoms with E-state index in [1.165, 1.54) is 6.08 Å². The Morgan fingerprint density at radius 1 is 1.18 bits per heavy atom. The Labute approximate surface area is 98.6 Å². The van der Waals surface area contributed by atoms with Gasteiger partial charge in [0, 0.05) is 11.6 Å². The van der Waals surface area contributed by atoms with Crippen LogP contribution >= 0.6 is 0 Å². The maximum absolute atomic E-state index is 12.1. The van der Waals surface area contributed by atoms with E-state index in [-0.39, 0.29) is 11.5 Å². The monoisotopic (exact) mass is 222 g/mol. The highest BCUT2D eigenvalue weighted by atomic mass is 16.1. The molecule has 17 heavy (non-hydrogen) atoms. The summed E-state index contributed by atoms with van der Waals surface area (Å²) in [6.45, 7) is 3.45. The number of allylic oxidation sites excluding steroid dienone is 1. The number of benzene rings is 2. The first-order chi connectivity index (χ1) is 8.27. The molecule has 2 aromatic carbocycles. The average molecular weight is 222 g/mol. The molecule has 0 radical (unpaired) electrons. The second kappa shape index (κ2) is 4.56. The molecule has 3 nitrogen and oxygen atoms in total. The SMILES string of the molecule is C=CC(=[N+]=[N-])C(=O)c1cccc2ccccc12. The summed E-state index contributed by atoms with van der Waals surface area (Å²) in [4.78, 5) is 15.0. The predicted molar refractivity (Wildman–Crippen MR) is 67.1 cm³/mol. The smallest absolute Gasteiger partial charge is 0.361 e. The van der Waals surface area contributed by atoms with Crippen molar-refractivity contribution in [3.8, 4) is 0 Å². The lowest BCUT2D eigenvalue weighted by Gasteiger charge is -2.01. The van der Waals surface area contributed by atoms with Crippen LogP contribution in [0.15, 0.2) is 55.1 Å². The number of ketones is 1. The molecule has 0 atom stereocenters. The molecular formula is C14H10N2O. The van der Waals surface area contributed by atoms with Crippen molar-refractivity contribution in [1.82, 2.24) is 0 Å². The fourth-order valence-corrected chi connectivity index (χ4v) is 1.74. The molecule has 0 aliphatic heterocycles. The van der Waals surface area contributed by atoms with Crippen LogP contribution in [-0.2, 0) is 0 Å². The second-order valence-corrected chi connectivity index (χ2v) is 3.55. The fourth-order valence-electron chi connectivity index (χ4n) is 1.74. The quantitative estimate of drug-likeness (QED) is 0.341. The number of fused-ring (bicyclic) bond motifs is 1.